The molecule has 0 N–H and O–H groups in total. The van der Waals surface area contributed by atoms with Gasteiger partial charge in [-0.25, -0.2) is 9.59 Å². The number of hydrogen-bond donors (Lipinski definition) is 0. The molecular formula is C21H23NO4. The largest absolute Gasteiger partial charge is 0.462 e. The molecule has 1 aliphatic heterocycles. The van der Waals surface area contributed by atoms with Crippen LogP contribution in [0.5, 0.6) is 0 Å². The molecular weight excluding hydrogens is 330 g/mol. The molecule has 0 aromatic heterocycles. The van der Waals surface area contributed by atoms with Crippen LogP contribution >= 0.6 is 0 Å². The van der Waals surface area contributed by atoms with E-state index < -0.39 is 0 Å². The van der Waals surface area contributed by atoms with E-state index in [9.17, 15) is 9.59 Å². The fourth-order valence-electron chi connectivity index (χ4n) is 3.20. The maximum Gasteiger partial charge on any atom is 0.354 e. The van der Waals surface area contributed by atoms with Crippen LogP contribution in [0, 0.1) is 0 Å². The van der Waals surface area contributed by atoms with E-state index in [1.165, 1.54) is 0 Å². The number of rotatable bonds is 5. The summed E-state index contributed by atoms with van der Waals surface area (Å²) in [6.45, 7) is 4.39. The van der Waals surface area contributed by atoms with Crippen molar-refractivity contribution in [3.63, 3.8) is 0 Å². The first kappa shape index (κ1) is 18.0. The van der Waals surface area contributed by atoms with Crippen LogP contribution in [0.1, 0.15) is 25.8 Å². The maximum atomic E-state index is 12.6. The quantitative estimate of drug-likeness (QED) is 0.761. The number of nitrogens with zero attached hydrogens (tertiary/aromatic N) is 1. The molecule has 26 heavy (non-hydrogen) atoms. The number of carbonyl (C=O) groups excluding carboxylic acids is 2. The Labute approximate surface area is 153 Å². The van der Waals surface area contributed by atoms with Gasteiger partial charge < -0.3 is 14.4 Å². The number of benzene rings is 1. The van der Waals surface area contributed by atoms with E-state index in [1.807, 2.05) is 55.3 Å². The Bertz CT molecular complexity index is 807. The zero-order chi connectivity index (χ0) is 18.7. The standard InChI is InChI=1S/C21H23NO4/c1-4-25-19(23)16-10-11-21(2)17(12-16)13-18(22(21)3)20(24)26-14-15-8-6-5-7-9-15/h5-10,12-13H,4,11,14H2,1-3H3. The summed E-state index contributed by atoms with van der Waals surface area (Å²) in [6.07, 6.45) is 6.09. The van der Waals surface area contributed by atoms with Gasteiger partial charge in [-0.15, -0.1) is 0 Å². The van der Waals surface area contributed by atoms with Gasteiger partial charge in [0.25, 0.3) is 0 Å². The highest BCUT2D eigenvalue weighted by molar-refractivity contribution is 5.94. The Balaban J connectivity index is 1.76. The van der Waals surface area contributed by atoms with Crippen molar-refractivity contribution < 1.29 is 19.1 Å². The minimum absolute atomic E-state index is 0.229. The molecule has 1 aromatic rings. The van der Waals surface area contributed by atoms with Crippen molar-refractivity contribution in [3.05, 3.63) is 71.0 Å². The number of ether oxygens (including phenoxy) is 2. The predicted molar refractivity (Wildman–Crippen MR) is 97.9 cm³/mol. The van der Waals surface area contributed by atoms with E-state index in [0.717, 1.165) is 11.1 Å². The highest BCUT2D eigenvalue weighted by Crippen LogP contribution is 2.41. The molecule has 5 nitrogen and oxygen atoms in total. The lowest BCUT2D eigenvalue weighted by molar-refractivity contribution is -0.142. The van der Waals surface area contributed by atoms with Crippen molar-refractivity contribution in [2.24, 2.45) is 0 Å². The maximum absolute atomic E-state index is 12.6. The van der Waals surface area contributed by atoms with Gasteiger partial charge in [-0.05, 0) is 43.6 Å². The molecule has 3 rings (SSSR count). The third kappa shape index (κ3) is 3.29. The van der Waals surface area contributed by atoms with Gasteiger partial charge in [0, 0.05) is 7.05 Å². The molecule has 1 aromatic carbocycles. The number of likely N-dealkylation sites (N-methyl/N-ethyl adjacent to an activating group) is 1. The van der Waals surface area contributed by atoms with Gasteiger partial charge in [0.15, 0.2) is 0 Å². The van der Waals surface area contributed by atoms with E-state index >= 15 is 0 Å². The molecule has 1 unspecified atom stereocenters. The summed E-state index contributed by atoms with van der Waals surface area (Å²) >= 11 is 0. The zero-order valence-corrected chi connectivity index (χ0v) is 15.3. The fraction of sp³-hybridized carbons (Fsp3) is 0.333. The summed E-state index contributed by atoms with van der Waals surface area (Å²) in [6, 6.07) is 9.57. The van der Waals surface area contributed by atoms with Crippen molar-refractivity contribution in [2.45, 2.75) is 32.4 Å². The number of fused-ring (bicyclic) bond motifs is 1. The minimum Gasteiger partial charge on any atom is -0.462 e. The van der Waals surface area contributed by atoms with E-state index in [-0.39, 0.29) is 24.1 Å². The van der Waals surface area contributed by atoms with Crippen molar-refractivity contribution in [2.75, 3.05) is 13.7 Å². The second kappa shape index (κ2) is 7.20. The Kier molecular flexibility index (Phi) is 4.98. The zero-order valence-electron chi connectivity index (χ0n) is 15.3. The van der Waals surface area contributed by atoms with Crippen LogP contribution in [0.15, 0.2) is 65.4 Å². The first-order valence-corrected chi connectivity index (χ1v) is 8.71. The number of esters is 2. The highest BCUT2D eigenvalue weighted by atomic mass is 16.5. The smallest absolute Gasteiger partial charge is 0.354 e. The van der Waals surface area contributed by atoms with Crippen molar-refractivity contribution in [1.29, 1.82) is 0 Å². The molecule has 0 fully saturated rings. The topological polar surface area (TPSA) is 55.8 Å². The third-order valence-electron chi connectivity index (χ3n) is 4.98. The molecule has 0 bridgehead atoms. The van der Waals surface area contributed by atoms with E-state index in [2.05, 4.69) is 0 Å². The molecule has 2 aliphatic rings. The van der Waals surface area contributed by atoms with Gasteiger partial charge in [-0.2, -0.15) is 0 Å². The summed E-state index contributed by atoms with van der Waals surface area (Å²) in [4.78, 5) is 26.5. The summed E-state index contributed by atoms with van der Waals surface area (Å²) in [5.41, 5.74) is 2.52. The molecule has 1 aliphatic carbocycles. The van der Waals surface area contributed by atoms with Crippen molar-refractivity contribution >= 4 is 11.9 Å². The summed E-state index contributed by atoms with van der Waals surface area (Å²) in [5.74, 6) is -0.705. The van der Waals surface area contributed by atoms with Gasteiger partial charge >= 0.3 is 11.9 Å². The monoisotopic (exact) mass is 353 g/mol. The summed E-state index contributed by atoms with van der Waals surface area (Å²) < 4.78 is 10.5. The van der Waals surface area contributed by atoms with Gasteiger partial charge in [0.1, 0.15) is 12.3 Å². The molecule has 1 heterocycles. The third-order valence-corrected chi connectivity index (χ3v) is 4.98. The average Bonchev–Trinajstić information content (AvgIpc) is 2.91. The minimum atomic E-state index is -0.370. The lowest BCUT2D eigenvalue weighted by atomic mass is 9.83. The van der Waals surface area contributed by atoms with Gasteiger partial charge in [-0.1, -0.05) is 36.4 Å². The molecule has 5 heteroatoms. The van der Waals surface area contributed by atoms with Gasteiger partial charge in [-0.3, -0.25) is 0 Å². The highest BCUT2D eigenvalue weighted by Gasteiger charge is 2.43. The SMILES string of the molecule is CCOC(=O)C1=CCC2(C)C(=C1)C=C(C(=O)OCc1ccccc1)N2C. The summed E-state index contributed by atoms with van der Waals surface area (Å²) in [5, 5.41) is 0. The normalized spacial score (nSPS) is 21.3. The second-order valence-electron chi connectivity index (χ2n) is 6.61. The Morgan fingerprint density at radius 3 is 2.54 bits per heavy atom. The Morgan fingerprint density at radius 2 is 1.85 bits per heavy atom. The Morgan fingerprint density at radius 1 is 1.12 bits per heavy atom. The molecule has 0 amide bonds. The average molecular weight is 353 g/mol. The number of carbonyl (C=O) groups is 2. The molecule has 0 saturated heterocycles. The van der Waals surface area contributed by atoms with Crippen LogP contribution in [0.3, 0.4) is 0 Å². The lowest BCUT2D eigenvalue weighted by Gasteiger charge is -2.37. The molecule has 0 spiro atoms. The molecule has 1 atom stereocenters. The predicted octanol–water partition coefficient (Wildman–Crippen LogP) is 3.14. The van der Waals surface area contributed by atoms with E-state index in [1.54, 1.807) is 19.1 Å². The van der Waals surface area contributed by atoms with Crippen LogP contribution in [-0.4, -0.2) is 36.0 Å². The molecule has 136 valence electrons. The molecule has 0 saturated carbocycles. The first-order chi connectivity index (χ1) is 12.5. The fourth-order valence-corrected chi connectivity index (χ4v) is 3.20. The van der Waals surface area contributed by atoms with Crippen LogP contribution in [0.2, 0.25) is 0 Å². The Hall–Kier alpha value is -2.82. The van der Waals surface area contributed by atoms with Gasteiger partial charge in [0.05, 0.1) is 17.7 Å². The van der Waals surface area contributed by atoms with Crippen LogP contribution in [0.4, 0.5) is 0 Å². The second-order valence-corrected chi connectivity index (χ2v) is 6.61. The van der Waals surface area contributed by atoms with E-state index in [4.69, 9.17) is 9.47 Å². The van der Waals surface area contributed by atoms with Crippen LogP contribution in [-0.2, 0) is 25.7 Å². The van der Waals surface area contributed by atoms with Crippen LogP contribution < -0.4 is 0 Å². The summed E-state index contributed by atoms with van der Waals surface area (Å²) in [7, 11) is 1.87. The first-order valence-electron chi connectivity index (χ1n) is 8.71. The van der Waals surface area contributed by atoms with E-state index in [0.29, 0.717) is 24.3 Å². The van der Waals surface area contributed by atoms with Crippen molar-refractivity contribution in [3.8, 4) is 0 Å². The van der Waals surface area contributed by atoms with Crippen LogP contribution in [0.25, 0.3) is 0 Å². The lowest BCUT2D eigenvalue weighted by Crippen LogP contribution is -2.42. The van der Waals surface area contributed by atoms with Gasteiger partial charge in [0.2, 0.25) is 0 Å². The number of hydrogen-bond acceptors (Lipinski definition) is 5. The van der Waals surface area contributed by atoms with Crippen molar-refractivity contribution in [1.82, 2.24) is 4.90 Å². The molecule has 0 radical (unpaired) electrons.